The number of hydrogen-bond donors (Lipinski definition) is 2. The Morgan fingerprint density at radius 3 is 2.77 bits per heavy atom. The molecule has 4 rings (SSSR count). The summed E-state index contributed by atoms with van der Waals surface area (Å²) in [5.41, 5.74) is 7.36. The average molecular weight is 354 g/mol. The molecule has 136 valence electrons. The molecule has 3 N–H and O–H groups in total. The van der Waals surface area contributed by atoms with Gasteiger partial charge in [-0.05, 0) is 55.8 Å². The van der Waals surface area contributed by atoms with Gasteiger partial charge in [-0.3, -0.25) is 10.00 Å². The number of hydrogen-bond acceptors (Lipinski definition) is 5. The van der Waals surface area contributed by atoms with E-state index in [0.29, 0.717) is 12.0 Å². The van der Waals surface area contributed by atoms with Crippen LogP contribution in [0.25, 0.3) is 0 Å². The van der Waals surface area contributed by atoms with Crippen molar-refractivity contribution in [3.63, 3.8) is 0 Å². The van der Waals surface area contributed by atoms with Crippen LogP contribution < -0.4 is 5.73 Å². The van der Waals surface area contributed by atoms with E-state index < -0.39 is 0 Å². The number of benzene rings is 1. The summed E-state index contributed by atoms with van der Waals surface area (Å²) in [5.74, 6) is 1.25. The molecule has 0 spiro atoms. The van der Waals surface area contributed by atoms with Crippen LogP contribution in [-0.4, -0.2) is 45.3 Å². The number of nitriles is 1. The fourth-order valence-electron chi connectivity index (χ4n) is 4.55. The van der Waals surface area contributed by atoms with Crippen molar-refractivity contribution in [1.29, 1.82) is 5.26 Å². The molecule has 1 aromatic carbocycles. The molecule has 7 heteroatoms. The van der Waals surface area contributed by atoms with E-state index in [4.69, 9.17) is 11.0 Å². The highest BCUT2D eigenvalue weighted by atomic mass is 19.1. The van der Waals surface area contributed by atoms with Crippen molar-refractivity contribution >= 4 is 0 Å². The zero-order valence-electron chi connectivity index (χ0n) is 14.6. The first-order valence-corrected chi connectivity index (χ1v) is 9.21. The van der Waals surface area contributed by atoms with E-state index in [-0.39, 0.29) is 23.6 Å². The highest BCUT2D eigenvalue weighted by Crippen LogP contribution is 2.45. The second-order valence-corrected chi connectivity index (χ2v) is 7.45. The minimum atomic E-state index is -0.212. The van der Waals surface area contributed by atoms with Gasteiger partial charge in [0.15, 0.2) is 0 Å². The number of aromatic nitrogens is 3. The summed E-state index contributed by atoms with van der Waals surface area (Å²) in [6, 6.07) is 9.31. The van der Waals surface area contributed by atoms with Gasteiger partial charge < -0.3 is 5.73 Å². The number of nitrogens with one attached hydrogen (secondary N) is 1. The smallest absolute Gasteiger partial charge is 0.252 e. The van der Waals surface area contributed by atoms with Crippen molar-refractivity contribution in [2.45, 2.75) is 49.6 Å². The van der Waals surface area contributed by atoms with Crippen molar-refractivity contribution in [2.24, 2.45) is 5.73 Å². The Kier molecular flexibility index (Phi) is 4.70. The third kappa shape index (κ3) is 3.35. The summed E-state index contributed by atoms with van der Waals surface area (Å²) < 4.78 is 13.3. The zero-order valence-corrected chi connectivity index (χ0v) is 14.6. The molecular weight excluding hydrogens is 331 g/mol. The molecule has 2 aromatic rings. The molecule has 0 radical (unpaired) electrons. The third-order valence-corrected chi connectivity index (χ3v) is 5.78. The molecule has 1 aromatic heterocycles. The van der Waals surface area contributed by atoms with Crippen LogP contribution in [0.15, 0.2) is 24.3 Å². The van der Waals surface area contributed by atoms with Gasteiger partial charge in [-0.1, -0.05) is 12.1 Å². The maximum absolute atomic E-state index is 13.3. The topological polar surface area (TPSA) is 94.6 Å². The molecule has 2 aliphatic rings. The molecule has 26 heavy (non-hydrogen) atoms. The normalized spacial score (nSPS) is 29.6. The highest BCUT2D eigenvalue weighted by Gasteiger charge is 2.41. The minimum Gasteiger partial charge on any atom is -0.327 e. The number of likely N-dealkylation sites (tertiary alicyclic amines) is 1. The quantitative estimate of drug-likeness (QED) is 0.882. The first kappa shape index (κ1) is 17.1. The van der Waals surface area contributed by atoms with Crippen molar-refractivity contribution in [2.75, 3.05) is 13.1 Å². The van der Waals surface area contributed by atoms with E-state index in [0.717, 1.165) is 50.2 Å². The summed E-state index contributed by atoms with van der Waals surface area (Å²) in [7, 11) is 0. The van der Waals surface area contributed by atoms with Gasteiger partial charge in [-0.15, -0.1) is 5.10 Å². The van der Waals surface area contributed by atoms with E-state index in [9.17, 15) is 4.39 Å². The highest BCUT2D eigenvalue weighted by molar-refractivity contribution is 5.25. The molecular formula is C19H23FN6. The van der Waals surface area contributed by atoms with E-state index >= 15 is 0 Å². The maximum atomic E-state index is 13.3. The molecule has 6 nitrogen and oxygen atoms in total. The SMILES string of the molecule is N#Cc1n[nH]c(C2CC(c3ccc(F)cc3)CC2N2CCCC(N)C2)n1. The summed E-state index contributed by atoms with van der Waals surface area (Å²) in [5, 5.41) is 16.0. The van der Waals surface area contributed by atoms with Crippen LogP contribution in [-0.2, 0) is 0 Å². The van der Waals surface area contributed by atoms with Crippen molar-refractivity contribution in [3.05, 3.63) is 47.3 Å². The van der Waals surface area contributed by atoms with Crippen LogP contribution >= 0.6 is 0 Å². The standard InChI is InChI=1S/C19H23FN6/c20-14-5-3-12(4-6-14)13-8-16(19-23-18(10-21)24-25-19)17(9-13)26-7-1-2-15(22)11-26/h3-6,13,15-17H,1-2,7-9,11,22H2,(H,23,24,25). The van der Waals surface area contributed by atoms with Gasteiger partial charge in [0.05, 0.1) is 0 Å². The van der Waals surface area contributed by atoms with Gasteiger partial charge in [0.2, 0.25) is 0 Å². The molecule has 0 bridgehead atoms. The lowest BCUT2D eigenvalue weighted by molar-refractivity contribution is 0.138. The Bertz CT molecular complexity index is 795. The van der Waals surface area contributed by atoms with Crippen LogP contribution in [0.4, 0.5) is 4.39 Å². The fourth-order valence-corrected chi connectivity index (χ4v) is 4.55. The molecule has 1 aliphatic carbocycles. The Hall–Kier alpha value is -2.30. The van der Waals surface area contributed by atoms with Crippen LogP contribution in [0, 0.1) is 17.1 Å². The summed E-state index contributed by atoms with van der Waals surface area (Å²) >= 11 is 0. The average Bonchev–Trinajstić information content (AvgIpc) is 3.29. The van der Waals surface area contributed by atoms with Crippen LogP contribution in [0.1, 0.15) is 54.7 Å². The van der Waals surface area contributed by atoms with Gasteiger partial charge in [-0.2, -0.15) is 5.26 Å². The van der Waals surface area contributed by atoms with Crippen LogP contribution in [0.3, 0.4) is 0 Å². The summed E-state index contributed by atoms with van der Waals surface area (Å²) in [4.78, 5) is 6.84. The summed E-state index contributed by atoms with van der Waals surface area (Å²) in [6.45, 7) is 1.92. The molecule has 2 fully saturated rings. The Morgan fingerprint density at radius 2 is 2.08 bits per heavy atom. The van der Waals surface area contributed by atoms with E-state index in [1.165, 1.54) is 12.1 Å². The maximum Gasteiger partial charge on any atom is 0.252 e. The lowest BCUT2D eigenvalue weighted by Crippen LogP contribution is -2.48. The van der Waals surface area contributed by atoms with E-state index in [2.05, 4.69) is 20.1 Å². The Labute approximate surface area is 152 Å². The van der Waals surface area contributed by atoms with Gasteiger partial charge in [0.1, 0.15) is 17.7 Å². The predicted molar refractivity (Wildman–Crippen MR) is 94.8 cm³/mol. The monoisotopic (exact) mass is 354 g/mol. The number of rotatable bonds is 3. The largest absolute Gasteiger partial charge is 0.327 e. The van der Waals surface area contributed by atoms with Crippen molar-refractivity contribution in [1.82, 2.24) is 20.1 Å². The Morgan fingerprint density at radius 1 is 1.27 bits per heavy atom. The molecule has 4 atom stereocenters. The minimum absolute atomic E-state index is 0.171. The lowest BCUT2D eigenvalue weighted by atomic mass is 9.96. The van der Waals surface area contributed by atoms with E-state index in [1.807, 2.05) is 18.2 Å². The number of nitrogens with zero attached hydrogens (tertiary/aromatic N) is 4. The van der Waals surface area contributed by atoms with Crippen molar-refractivity contribution in [3.8, 4) is 6.07 Å². The first-order valence-electron chi connectivity index (χ1n) is 9.21. The van der Waals surface area contributed by atoms with Gasteiger partial charge >= 0.3 is 0 Å². The third-order valence-electron chi connectivity index (χ3n) is 5.78. The van der Waals surface area contributed by atoms with Gasteiger partial charge in [0, 0.05) is 24.5 Å². The second-order valence-electron chi connectivity index (χ2n) is 7.45. The number of piperidine rings is 1. The van der Waals surface area contributed by atoms with Crippen molar-refractivity contribution < 1.29 is 4.39 Å². The molecule has 2 heterocycles. The first-order chi connectivity index (χ1) is 12.6. The number of nitrogens with two attached hydrogens (primary N) is 1. The lowest BCUT2D eigenvalue weighted by Gasteiger charge is -2.37. The van der Waals surface area contributed by atoms with Crippen LogP contribution in [0.2, 0.25) is 0 Å². The molecule has 0 amide bonds. The van der Waals surface area contributed by atoms with Gasteiger partial charge in [-0.25, -0.2) is 9.37 Å². The molecule has 1 saturated heterocycles. The molecule has 4 unspecified atom stereocenters. The Balaban J connectivity index is 1.61. The fraction of sp³-hybridized carbons (Fsp3) is 0.526. The second kappa shape index (κ2) is 7.14. The number of aromatic amines is 1. The molecule has 1 saturated carbocycles. The van der Waals surface area contributed by atoms with E-state index in [1.54, 1.807) is 0 Å². The van der Waals surface area contributed by atoms with Gasteiger partial charge in [0.25, 0.3) is 5.82 Å². The van der Waals surface area contributed by atoms with Crippen LogP contribution in [0.5, 0.6) is 0 Å². The molecule has 1 aliphatic heterocycles. The summed E-state index contributed by atoms with van der Waals surface area (Å²) in [6.07, 6.45) is 4.05. The number of H-pyrrole nitrogens is 1. The predicted octanol–water partition coefficient (Wildman–Crippen LogP) is 2.27. The number of halogens is 1. The zero-order chi connectivity index (χ0) is 18.1.